The van der Waals surface area contributed by atoms with Gasteiger partial charge in [-0.1, -0.05) is 40.7 Å². The number of carbonyl (C=O) groups excluding carboxylic acids is 2. The summed E-state index contributed by atoms with van der Waals surface area (Å²) in [5, 5.41) is 10.7. The number of rotatable bonds is 8. The number of benzene rings is 2. The number of urea groups is 1. The highest BCUT2D eigenvalue weighted by molar-refractivity contribution is 5.96. The zero-order valence-electron chi connectivity index (χ0n) is 23.2. The quantitative estimate of drug-likeness (QED) is 0.397. The van der Waals surface area contributed by atoms with E-state index in [1.807, 2.05) is 76.2 Å². The number of anilines is 2. The van der Waals surface area contributed by atoms with Crippen molar-refractivity contribution in [3.8, 4) is 11.4 Å². The molecule has 8 nitrogen and oxygen atoms in total. The van der Waals surface area contributed by atoms with Gasteiger partial charge in [0.2, 0.25) is 5.91 Å². The number of hydrogen-bond acceptors (Lipinski definition) is 4. The summed E-state index contributed by atoms with van der Waals surface area (Å²) < 4.78 is 6.98. The van der Waals surface area contributed by atoms with Crippen LogP contribution in [0.3, 0.4) is 0 Å². The minimum absolute atomic E-state index is 0.0898. The number of methoxy groups -OCH3 is 1. The lowest BCUT2D eigenvalue weighted by Crippen LogP contribution is -2.42. The van der Waals surface area contributed by atoms with E-state index < -0.39 is 0 Å². The van der Waals surface area contributed by atoms with Crippen molar-refractivity contribution in [3.05, 3.63) is 65.4 Å². The van der Waals surface area contributed by atoms with Crippen molar-refractivity contribution < 1.29 is 14.3 Å². The fourth-order valence-corrected chi connectivity index (χ4v) is 3.79. The van der Waals surface area contributed by atoms with Crippen LogP contribution in [-0.4, -0.2) is 46.8 Å². The predicted octanol–water partition coefficient (Wildman–Crippen LogP) is 5.92. The van der Waals surface area contributed by atoms with E-state index in [0.29, 0.717) is 18.1 Å². The summed E-state index contributed by atoms with van der Waals surface area (Å²) in [6.45, 7) is 14.6. The maximum absolute atomic E-state index is 13.2. The second-order valence-corrected chi connectivity index (χ2v) is 10.8. The molecule has 0 aliphatic carbocycles. The Balaban J connectivity index is 1.82. The Kier molecular flexibility index (Phi) is 8.63. The van der Waals surface area contributed by atoms with Gasteiger partial charge >= 0.3 is 6.03 Å². The first-order chi connectivity index (χ1) is 17.4. The van der Waals surface area contributed by atoms with E-state index in [-0.39, 0.29) is 29.8 Å². The molecule has 3 amide bonds. The van der Waals surface area contributed by atoms with Crippen LogP contribution in [-0.2, 0) is 10.2 Å². The minimum atomic E-state index is -0.314. The van der Waals surface area contributed by atoms with Crippen molar-refractivity contribution in [2.75, 3.05) is 30.8 Å². The Morgan fingerprint density at radius 2 is 1.68 bits per heavy atom. The monoisotopic (exact) mass is 505 g/mol. The van der Waals surface area contributed by atoms with Gasteiger partial charge in [0.15, 0.2) is 0 Å². The number of hydrogen-bond donors (Lipinski definition) is 2. The lowest BCUT2D eigenvalue weighted by Gasteiger charge is -2.24. The summed E-state index contributed by atoms with van der Waals surface area (Å²) in [4.78, 5) is 27.9. The van der Waals surface area contributed by atoms with Gasteiger partial charge in [0.25, 0.3) is 0 Å². The van der Waals surface area contributed by atoms with Gasteiger partial charge in [0.1, 0.15) is 18.1 Å². The minimum Gasteiger partial charge on any atom is -0.497 e. The molecule has 0 bridgehead atoms. The summed E-state index contributed by atoms with van der Waals surface area (Å²) in [6.07, 6.45) is 0. The second-order valence-electron chi connectivity index (χ2n) is 10.8. The van der Waals surface area contributed by atoms with Crippen LogP contribution in [0.1, 0.15) is 51.4 Å². The highest BCUT2D eigenvalue weighted by atomic mass is 16.5. The van der Waals surface area contributed by atoms with Crippen LogP contribution in [0.25, 0.3) is 5.69 Å². The average Bonchev–Trinajstić information content (AvgIpc) is 3.25. The van der Waals surface area contributed by atoms with Gasteiger partial charge in [-0.25, -0.2) is 9.48 Å². The Labute approximate surface area is 220 Å². The SMILES string of the molecule is COc1ccc(-n2nc(C(C)(C)C)cc2NC(=O)CN(CC(C)C)C(=O)Nc2ccc(C)c(C)c2)cc1. The van der Waals surface area contributed by atoms with E-state index in [0.717, 1.165) is 28.3 Å². The van der Waals surface area contributed by atoms with Crippen LogP contribution in [0.5, 0.6) is 5.75 Å². The molecule has 0 saturated heterocycles. The molecule has 1 aromatic heterocycles. The summed E-state index contributed by atoms with van der Waals surface area (Å²) in [5.74, 6) is 1.16. The molecule has 1 heterocycles. The summed E-state index contributed by atoms with van der Waals surface area (Å²) >= 11 is 0. The molecule has 3 aromatic rings. The maximum atomic E-state index is 13.2. The van der Waals surface area contributed by atoms with Crippen LogP contribution in [0.4, 0.5) is 16.3 Å². The molecule has 0 fully saturated rings. The molecule has 0 atom stereocenters. The third kappa shape index (κ3) is 7.35. The molecule has 0 aliphatic heterocycles. The van der Waals surface area contributed by atoms with Crippen LogP contribution < -0.4 is 15.4 Å². The van der Waals surface area contributed by atoms with Gasteiger partial charge < -0.3 is 20.3 Å². The molecule has 2 aromatic carbocycles. The molecular weight excluding hydrogens is 466 g/mol. The Hall–Kier alpha value is -3.81. The van der Waals surface area contributed by atoms with Crippen molar-refractivity contribution >= 4 is 23.4 Å². The number of carbonyl (C=O) groups is 2. The van der Waals surface area contributed by atoms with E-state index in [1.54, 1.807) is 11.8 Å². The van der Waals surface area contributed by atoms with Gasteiger partial charge in [-0.05, 0) is 67.3 Å². The first kappa shape index (κ1) is 27.8. The number of amides is 3. The van der Waals surface area contributed by atoms with Crippen molar-refractivity contribution in [1.82, 2.24) is 14.7 Å². The Morgan fingerprint density at radius 1 is 1.00 bits per heavy atom. The van der Waals surface area contributed by atoms with Gasteiger partial charge in [-0.3, -0.25) is 4.79 Å². The molecule has 0 radical (unpaired) electrons. The largest absolute Gasteiger partial charge is 0.497 e. The highest BCUT2D eigenvalue weighted by Crippen LogP contribution is 2.27. The summed E-state index contributed by atoms with van der Waals surface area (Å²) in [7, 11) is 1.62. The molecule has 37 heavy (non-hydrogen) atoms. The first-order valence-electron chi connectivity index (χ1n) is 12.6. The van der Waals surface area contributed by atoms with E-state index in [4.69, 9.17) is 9.84 Å². The van der Waals surface area contributed by atoms with Gasteiger partial charge in [0.05, 0.1) is 18.5 Å². The topological polar surface area (TPSA) is 88.5 Å². The third-order valence-corrected chi connectivity index (χ3v) is 6.03. The molecular formula is C29H39N5O3. The molecule has 0 saturated carbocycles. The van der Waals surface area contributed by atoms with Crippen LogP contribution in [0, 0.1) is 19.8 Å². The smallest absolute Gasteiger partial charge is 0.322 e. The highest BCUT2D eigenvalue weighted by Gasteiger charge is 2.23. The Morgan fingerprint density at radius 3 is 2.24 bits per heavy atom. The molecule has 198 valence electrons. The zero-order chi connectivity index (χ0) is 27.3. The molecule has 3 rings (SSSR count). The van der Waals surface area contributed by atoms with E-state index in [1.165, 1.54) is 4.90 Å². The first-order valence-corrected chi connectivity index (χ1v) is 12.6. The lowest BCUT2D eigenvalue weighted by atomic mass is 9.92. The van der Waals surface area contributed by atoms with Crippen molar-refractivity contribution in [3.63, 3.8) is 0 Å². The zero-order valence-corrected chi connectivity index (χ0v) is 23.2. The van der Waals surface area contributed by atoms with E-state index in [2.05, 4.69) is 31.4 Å². The van der Waals surface area contributed by atoms with Gasteiger partial charge in [-0.15, -0.1) is 0 Å². The molecule has 0 aliphatic rings. The number of aryl methyl sites for hydroxylation is 2. The van der Waals surface area contributed by atoms with Crippen molar-refractivity contribution in [1.29, 1.82) is 0 Å². The fourth-order valence-electron chi connectivity index (χ4n) is 3.79. The fraction of sp³-hybridized carbons (Fsp3) is 0.414. The molecule has 0 spiro atoms. The Bertz CT molecular complexity index is 1240. The lowest BCUT2D eigenvalue weighted by molar-refractivity contribution is -0.116. The van der Waals surface area contributed by atoms with Crippen LogP contribution in [0.2, 0.25) is 0 Å². The third-order valence-electron chi connectivity index (χ3n) is 6.03. The molecule has 8 heteroatoms. The number of nitrogens with zero attached hydrogens (tertiary/aromatic N) is 3. The maximum Gasteiger partial charge on any atom is 0.322 e. The molecule has 0 unspecified atom stereocenters. The van der Waals surface area contributed by atoms with Crippen LogP contribution >= 0.6 is 0 Å². The normalized spacial score (nSPS) is 11.4. The van der Waals surface area contributed by atoms with Gasteiger partial charge in [0, 0.05) is 23.7 Å². The van der Waals surface area contributed by atoms with Gasteiger partial charge in [-0.2, -0.15) is 5.10 Å². The predicted molar refractivity (Wildman–Crippen MR) is 149 cm³/mol. The van der Waals surface area contributed by atoms with Crippen molar-refractivity contribution in [2.24, 2.45) is 5.92 Å². The second kappa shape index (κ2) is 11.5. The average molecular weight is 506 g/mol. The number of ether oxygens (including phenoxy) is 1. The van der Waals surface area contributed by atoms with E-state index >= 15 is 0 Å². The molecule has 2 N–H and O–H groups in total. The number of aromatic nitrogens is 2. The van der Waals surface area contributed by atoms with Crippen LogP contribution in [0.15, 0.2) is 48.5 Å². The summed E-state index contributed by atoms with van der Waals surface area (Å²) in [5.41, 5.74) is 4.36. The van der Waals surface area contributed by atoms with E-state index in [9.17, 15) is 9.59 Å². The standard InChI is InChI=1S/C29H39N5O3/c1-19(2)17-33(28(36)30-22-10-9-20(3)21(4)15-22)18-27(35)31-26-16-25(29(5,6)7)32-34(26)23-11-13-24(37-8)14-12-23/h9-16,19H,17-18H2,1-8H3,(H,30,36)(H,31,35). The summed E-state index contributed by atoms with van der Waals surface area (Å²) in [6, 6.07) is 14.8. The van der Waals surface area contributed by atoms with Crippen molar-refractivity contribution in [2.45, 2.75) is 53.9 Å². The number of nitrogens with one attached hydrogen (secondary N) is 2.